The van der Waals surface area contributed by atoms with Crippen LogP contribution in [0.4, 0.5) is 11.4 Å². The van der Waals surface area contributed by atoms with Crippen LogP contribution in [0.2, 0.25) is 0 Å². The minimum Gasteiger partial charge on any atom is -0.497 e. The van der Waals surface area contributed by atoms with Crippen molar-refractivity contribution in [1.82, 2.24) is 4.98 Å². The van der Waals surface area contributed by atoms with Crippen LogP contribution in [-0.4, -0.2) is 17.9 Å². The summed E-state index contributed by atoms with van der Waals surface area (Å²) in [5.74, 6) is 0.789. The van der Waals surface area contributed by atoms with Gasteiger partial charge in [0.05, 0.1) is 30.4 Å². The fraction of sp³-hybridized carbons (Fsp3) is 0.200. The van der Waals surface area contributed by atoms with E-state index in [9.17, 15) is 4.79 Å². The van der Waals surface area contributed by atoms with E-state index >= 15 is 0 Å². The van der Waals surface area contributed by atoms with E-state index < -0.39 is 0 Å². The molecule has 30 heavy (non-hydrogen) atoms. The molecule has 0 saturated carbocycles. The molecule has 0 saturated heterocycles. The standard InChI is InChI=1S/C25H23N3O2/c1-30-19-8-6-16(7-9-19)18-14-22-24(23(29)15-18)25(17-10-12-26-13-11-17)28-21-5-3-2-4-20(21)27-22/h2-14,18,24-25,27-28H,15H2,1H3. The topological polar surface area (TPSA) is 63.2 Å². The number of pyridine rings is 1. The zero-order valence-electron chi connectivity index (χ0n) is 16.7. The molecule has 2 heterocycles. The fourth-order valence-corrected chi connectivity index (χ4v) is 4.42. The molecule has 3 aromatic rings. The number of methoxy groups -OCH3 is 1. The van der Waals surface area contributed by atoms with E-state index in [1.165, 1.54) is 0 Å². The number of Topliss-reactive ketones (excluding diaryl/α,β-unsaturated/α-hetero) is 1. The highest BCUT2D eigenvalue weighted by molar-refractivity contribution is 5.90. The van der Waals surface area contributed by atoms with Crippen molar-refractivity contribution in [3.63, 3.8) is 0 Å². The third-order valence-electron chi connectivity index (χ3n) is 5.94. The Balaban J connectivity index is 1.59. The largest absolute Gasteiger partial charge is 0.497 e. The number of allylic oxidation sites excluding steroid dienone is 1. The lowest BCUT2D eigenvalue weighted by Gasteiger charge is -2.32. The molecule has 1 aliphatic heterocycles. The number of ether oxygens (including phenoxy) is 1. The molecule has 1 aliphatic carbocycles. The number of benzene rings is 2. The number of hydrogen-bond acceptors (Lipinski definition) is 5. The molecule has 2 aromatic carbocycles. The van der Waals surface area contributed by atoms with Crippen molar-refractivity contribution < 1.29 is 9.53 Å². The lowest BCUT2D eigenvalue weighted by Crippen LogP contribution is -2.33. The summed E-state index contributed by atoms with van der Waals surface area (Å²) in [6.07, 6.45) is 6.24. The molecule has 2 N–H and O–H groups in total. The number of fused-ring (bicyclic) bond motifs is 2. The van der Waals surface area contributed by atoms with Gasteiger partial charge in [0.1, 0.15) is 11.5 Å². The smallest absolute Gasteiger partial charge is 0.145 e. The Kier molecular flexibility index (Phi) is 4.71. The van der Waals surface area contributed by atoms with Crippen molar-refractivity contribution in [2.24, 2.45) is 5.92 Å². The number of ketones is 1. The van der Waals surface area contributed by atoms with Crippen molar-refractivity contribution >= 4 is 17.2 Å². The highest BCUT2D eigenvalue weighted by Gasteiger charge is 2.39. The maximum absolute atomic E-state index is 13.5. The van der Waals surface area contributed by atoms with Gasteiger partial charge in [0, 0.05) is 30.4 Å². The Morgan fingerprint density at radius 1 is 0.933 bits per heavy atom. The summed E-state index contributed by atoms with van der Waals surface area (Å²) >= 11 is 0. The molecule has 0 bridgehead atoms. The normalized spacial score (nSPS) is 22.5. The van der Waals surface area contributed by atoms with E-state index in [0.29, 0.717) is 6.42 Å². The molecule has 5 rings (SSSR count). The number of carbonyl (C=O) groups is 1. The van der Waals surface area contributed by atoms with Crippen LogP contribution >= 0.6 is 0 Å². The number of aromatic nitrogens is 1. The minimum atomic E-state index is -0.283. The number of nitrogens with zero attached hydrogens (tertiary/aromatic N) is 1. The fourth-order valence-electron chi connectivity index (χ4n) is 4.42. The van der Waals surface area contributed by atoms with Crippen LogP contribution in [-0.2, 0) is 4.79 Å². The van der Waals surface area contributed by atoms with Gasteiger partial charge < -0.3 is 15.4 Å². The molecule has 5 heteroatoms. The molecule has 3 atom stereocenters. The first kappa shape index (κ1) is 18.4. The summed E-state index contributed by atoms with van der Waals surface area (Å²) in [6.45, 7) is 0. The molecule has 0 amide bonds. The average molecular weight is 397 g/mol. The van der Waals surface area contributed by atoms with E-state index in [2.05, 4.69) is 21.7 Å². The predicted molar refractivity (Wildman–Crippen MR) is 118 cm³/mol. The van der Waals surface area contributed by atoms with E-state index in [1.54, 1.807) is 19.5 Å². The number of carbonyl (C=O) groups excluding carboxylic acids is 1. The minimum absolute atomic E-state index is 0.0329. The van der Waals surface area contributed by atoms with Gasteiger partial charge in [-0.1, -0.05) is 30.3 Å². The number of hydrogen-bond donors (Lipinski definition) is 2. The molecule has 0 fully saturated rings. The van der Waals surface area contributed by atoms with Crippen molar-refractivity contribution in [3.05, 3.63) is 96.0 Å². The van der Waals surface area contributed by atoms with Gasteiger partial charge in [-0.25, -0.2) is 0 Å². The summed E-state index contributed by atoms with van der Waals surface area (Å²) in [4.78, 5) is 17.6. The molecule has 3 unspecified atom stereocenters. The third kappa shape index (κ3) is 3.32. The van der Waals surface area contributed by atoms with Gasteiger partial charge in [0.15, 0.2) is 0 Å². The van der Waals surface area contributed by atoms with Gasteiger partial charge in [-0.2, -0.15) is 0 Å². The molecule has 2 aliphatic rings. The first-order chi connectivity index (χ1) is 14.7. The van der Waals surface area contributed by atoms with Crippen LogP contribution in [0.1, 0.15) is 29.5 Å². The monoisotopic (exact) mass is 397 g/mol. The SMILES string of the molecule is COc1ccc(C2C=C3Nc4ccccc4NC(c4ccncc4)C3C(=O)C2)cc1. The van der Waals surface area contributed by atoms with Crippen LogP contribution in [0, 0.1) is 5.92 Å². The number of para-hydroxylation sites is 2. The second-order valence-corrected chi connectivity index (χ2v) is 7.72. The van der Waals surface area contributed by atoms with Gasteiger partial charge in [-0.05, 0) is 47.5 Å². The van der Waals surface area contributed by atoms with Crippen LogP contribution in [0.3, 0.4) is 0 Å². The van der Waals surface area contributed by atoms with E-state index in [1.807, 2.05) is 60.7 Å². The third-order valence-corrected chi connectivity index (χ3v) is 5.94. The van der Waals surface area contributed by atoms with Crippen molar-refractivity contribution in [2.75, 3.05) is 17.7 Å². The summed E-state index contributed by atoms with van der Waals surface area (Å²) in [5.41, 5.74) is 5.08. The summed E-state index contributed by atoms with van der Waals surface area (Å²) in [7, 11) is 1.66. The Bertz CT molecular complexity index is 1090. The molecule has 0 spiro atoms. The zero-order chi connectivity index (χ0) is 20.5. The van der Waals surface area contributed by atoms with Gasteiger partial charge in [-0.3, -0.25) is 9.78 Å². The van der Waals surface area contributed by atoms with Crippen LogP contribution in [0.5, 0.6) is 5.75 Å². The van der Waals surface area contributed by atoms with Gasteiger partial charge in [0.2, 0.25) is 0 Å². The summed E-state index contributed by atoms with van der Waals surface area (Å²) in [5, 5.41) is 7.16. The highest BCUT2D eigenvalue weighted by atomic mass is 16.5. The maximum atomic E-state index is 13.5. The molecule has 1 aromatic heterocycles. The van der Waals surface area contributed by atoms with E-state index in [4.69, 9.17) is 4.74 Å². The summed E-state index contributed by atoms with van der Waals surface area (Å²) in [6, 6.07) is 19.9. The first-order valence-electron chi connectivity index (χ1n) is 10.1. The van der Waals surface area contributed by atoms with E-state index in [0.717, 1.165) is 33.9 Å². The number of anilines is 2. The molecular formula is C25H23N3O2. The first-order valence-corrected chi connectivity index (χ1v) is 10.1. The lowest BCUT2D eigenvalue weighted by molar-refractivity contribution is -0.122. The highest BCUT2D eigenvalue weighted by Crippen LogP contribution is 2.44. The average Bonchev–Trinajstić information content (AvgIpc) is 2.96. The van der Waals surface area contributed by atoms with Crippen LogP contribution in [0.25, 0.3) is 0 Å². The van der Waals surface area contributed by atoms with Crippen molar-refractivity contribution in [2.45, 2.75) is 18.4 Å². The maximum Gasteiger partial charge on any atom is 0.145 e. The molecule has 0 radical (unpaired) electrons. The lowest BCUT2D eigenvalue weighted by atomic mass is 9.76. The number of nitrogens with one attached hydrogen (secondary N) is 2. The Morgan fingerprint density at radius 3 is 2.40 bits per heavy atom. The number of rotatable bonds is 3. The van der Waals surface area contributed by atoms with Crippen LogP contribution in [0.15, 0.2) is 84.8 Å². The van der Waals surface area contributed by atoms with Crippen molar-refractivity contribution in [3.8, 4) is 5.75 Å². The molecule has 150 valence electrons. The van der Waals surface area contributed by atoms with Gasteiger partial charge >= 0.3 is 0 Å². The molecule has 5 nitrogen and oxygen atoms in total. The second kappa shape index (κ2) is 7.67. The quantitative estimate of drug-likeness (QED) is 0.656. The van der Waals surface area contributed by atoms with Crippen LogP contribution < -0.4 is 15.4 Å². The Labute approximate surface area is 175 Å². The second-order valence-electron chi connectivity index (χ2n) is 7.72. The summed E-state index contributed by atoms with van der Waals surface area (Å²) < 4.78 is 5.27. The van der Waals surface area contributed by atoms with Crippen molar-refractivity contribution in [1.29, 1.82) is 0 Å². The Morgan fingerprint density at radius 2 is 1.67 bits per heavy atom. The Hall–Kier alpha value is -3.60. The zero-order valence-corrected chi connectivity index (χ0v) is 16.7. The molecular weight excluding hydrogens is 374 g/mol. The predicted octanol–water partition coefficient (Wildman–Crippen LogP) is 4.93. The van der Waals surface area contributed by atoms with Gasteiger partial charge in [0.25, 0.3) is 0 Å². The van der Waals surface area contributed by atoms with Gasteiger partial charge in [-0.15, -0.1) is 0 Å². The van der Waals surface area contributed by atoms with E-state index in [-0.39, 0.29) is 23.7 Å².